The van der Waals surface area contributed by atoms with Crippen molar-refractivity contribution < 1.29 is 4.79 Å². The Morgan fingerprint density at radius 3 is 2.58 bits per heavy atom. The minimum absolute atomic E-state index is 0.0115. The molecule has 24 heavy (non-hydrogen) atoms. The molecule has 2 atom stereocenters. The molecule has 3 nitrogen and oxygen atoms in total. The van der Waals surface area contributed by atoms with Gasteiger partial charge in [0.1, 0.15) is 0 Å². The van der Waals surface area contributed by atoms with Gasteiger partial charge in [-0.1, -0.05) is 48.0 Å². The molecule has 0 radical (unpaired) electrons. The average Bonchev–Trinajstić information content (AvgIpc) is 2.56. The predicted octanol–water partition coefficient (Wildman–Crippen LogP) is 4.05. The molecular weight excluding hydrogens is 320 g/mol. The van der Waals surface area contributed by atoms with Gasteiger partial charge in [0.25, 0.3) is 0 Å². The monoisotopic (exact) mass is 344 g/mol. The van der Waals surface area contributed by atoms with Crippen LogP contribution < -0.4 is 10.6 Å². The summed E-state index contributed by atoms with van der Waals surface area (Å²) in [4.78, 5) is 12.3. The molecule has 0 saturated heterocycles. The van der Waals surface area contributed by atoms with Gasteiger partial charge in [-0.15, -0.1) is 0 Å². The van der Waals surface area contributed by atoms with Crippen molar-refractivity contribution in [3.63, 3.8) is 0 Å². The highest BCUT2D eigenvalue weighted by Gasteiger charge is 2.16. The molecule has 0 fully saturated rings. The van der Waals surface area contributed by atoms with Crippen LogP contribution >= 0.6 is 11.6 Å². The van der Waals surface area contributed by atoms with Crippen LogP contribution in [0.25, 0.3) is 0 Å². The van der Waals surface area contributed by atoms with Crippen LogP contribution in [-0.4, -0.2) is 18.5 Å². The molecule has 128 valence electrons. The summed E-state index contributed by atoms with van der Waals surface area (Å²) in [5, 5.41) is 7.02. The number of halogens is 1. The van der Waals surface area contributed by atoms with Crippen LogP contribution in [0.3, 0.4) is 0 Å². The number of rotatable bonds is 7. The number of aryl methyl sites for hydroxylation is 1. The molecule has 0 bridgehead atoms. The first-order valence-electron chi connectivity index (χ1n) is 8.31. The fourth-order valence-electron chi connectivity index (χ4n) is 2.69. The number of carbonyl (C=O) groups is 1. The van der Waals surface area contributed by atoms with E-state index in [-0.39, 0.29) is 18.0 Å². The Morgan fingerprint density at radius 2 is 1.88 bits per heavy atom. The van der Waals surface area contributed by atoms with Crippen LogP contribution in [0, 0.1) is 6.92 Å². The third-order valence-electron chi connectivity index (χ3n) is 4.20. The molecule has 2 aromatic carbocycles. The minimum atomic E-state index is -0.268. The second kappa shape index (κ2) is 8.86. The van der Waals surface area contributed by atoms with Gasteiger partial charge in [0.15, 0.2) is 0 Å². The standard InChI is InChI=1S/C20H25ClN2O/c1-14-7-4-5-8-17(14)11-12-22-20(24)16(3)23-15(2)18-9-6-10-19(21)13-18/h4-10,13,15-16,23H,11-12H2,1-3H3,(H,22,24). The van der Waals surface area contributed by atoms with E-state index < -0.39 is 0 Å². The van der Waals surface area contributed by atoms with E-state index in [4.69, 9.17) is 11.6 Å². The summed E-state index contributed by atoms with van der Waals surface area (Å²) in [5.41, 5.74) is 3.60. The van der Waals surface area contributed by atoms with Crippen LogP contribution in [0.5, 0.6) is 0 Å². The maximum absolute atomic E-state index is 12.3. The molecule has 0 spiro atoms. The summed E-state index contributed by atoms with van der Waals surface area (Å²) < 4.78 is 0. The van der Waals surface area contributed by atoms with Crippen LogP contribution in [0.4, 0.5) is 0 Å². The van der Waals surface area contributed by atoms with Crippen molar-refractivity contribution in [1.29, 1.82) is 0 Å². The largest absolute Gasteiger partial charge is 0.354 e. The Kier molecular flexibility index (Phi) is 6.83. The Labute approximate surface area is 149 Å². The first kappa shape index (κ1) is 18.5. The zero-order valence-corrected chi connectivity index (χ0v) is 15.2. The van der Waals surface area contributed by atoms with Gasteiger partial charge in [-0.3, -0.25) is 10.1 Å². The maximum atomic E-state index is 12.3. The number of benzene rings is 2. The smallest absolute Gasteiger partial charge is 0.236 e. The first-order valence-corrected chi connectivity index (χ1v) is 8.69. The van der Waals surface area contributed by atoms with Gasteiger partial charge in [-0.05, 0) is 56.0 Å². The number of hydrogen-bond donors (Lipinski definition) is 2. The fourth-order valence-corrected chi connectivity index (χ4v) is 2.89. The molecule has 4 heteroatoms. The van der Waals surface area contributed by atoms with E-state index in [1.165, 1.54) is 11.1 Å². The lowest BCUT2D eigenvalue weighted by Gasteiger charge is -2.20. The molecule has 1 amide bonds. The second-order valence-corrected chi connectivity index (χ2v) is 6.57. The van der Waals surface area contributed by atoms with E-state index in [2.05, 4.69) is 29.7 Å². The molecule has 2 rings (SSSR count). The van der Waals surface area contributed by atoms with E-state index >= 15 is 0 Å². The first-order chi connectivity index (χ1) is 11.5. The molecular formula is C20H25ClN2O. The molecule has 2 aromatic rings. The van der Waals surface area contributed by atoms with Crippen molar-refractivity contribution in [1.82, 2.24) is 10.6 Å². The minimum Gasteiger partial charge on any atom is -0.354 e. The second-order valence-electron chi connectivity index (χ2n) is 6.13. The van der Waals surface area contributed by atoms with E-state index in [1.807, 2.05) is 50.2 Å². The molecule has 2 unspecified atom stereocenters. The Hall–Kier alpha value is -1.84. The van der Waals surface area contributed by atoms with E-state index in [1.54, 1.807) is 0 Å². The third-order valence-corrected chi connectivity index (χ3v) is 4.43. The van der Waals surface area contributed by atoms with Crippen LogP contribution in [-0.2, 0) is 11.2 Å². The molecule has 0 saturated carbocycles. The fraction of sp³-hybridized carbons (Fsp3) is 0.350. The van der Waals surface area contributed by atoms with Crippen molar-refractivity contribution in [2.45, 2.75) is 39.3 Å². The Balaban J connectivity index is 1.80. The molecule has 0 aromatic heterocycles. The summed E-state index contributed by atoms with van der Waals surface area (Å²) in [5.74, 6) is 0.0115. The number of carbonyl (C=O) groups excluding carboxylic acids is 1. The van der Waals surface area contributed by atoms with Crippen molar-refractivity contribution in [2.24, 2.45) is 0 Å². The number of nitrogens with one attached hydrogen (secondary N) is 2. The van der Waals surface area contributed by atoms with Crippen molar-refractivity contribution in [3.05, 3.63) is 70.2 Å². The van der Waals surface area contributed by atoms with Crippen LogP contribution in [0.2, 0.25) is 5.02 Å². The van der Waals surface area contributed by atoms with Crippen molar-refractivity contribution in [2.75, 3.05) is 6.54 Å². The van der Waals surface area contributed by atoms with Gasteiger partial charge in [-0.2, -0.15) is 0 Å². The number of hydrogen-bond acceptors (Lipinski definition) is 2. The van der Waals surface area contributed by atoms with Crippen LogP contribution in [0.15, 0.2) is 48.5 Å². The van der Waals surface area contributed by atoms with Crippen LogP contribution in [0.1, 0.15) is 36.6 Å². The highest BCUT2D eigenvalue weighted by molar-refractivity contribution is 6.30. The summed E-state index contributed by atoms with van der Waals surface area (Å²) in [6.07, 6.45) is 0.842. The summed E-state index contributed by atoms with van der Waals surface area (Å²) in [6.45, 7) is 6.64. The lowest BCUT2D eigenvalue weighted by Crippen LogP contribution is -2.43. The summed E-state index contributed by atoms with van der Waals surface area (Å²) in [6, 6.07) is 15.7. The Bertz CT molecular complexity index is 687. The third kappa shape index (κ3) is 5.36. The maximum Gasteiger partial charge on any atom is 0.236 e. The zero-order chi connectivity index (χ0) is 17.5. The molecule has 0 heterocycles. The normalized spacial score (nSPS) is 13.3. The average molecular weight is 345 g/mol. The van der Waals surface area contributed by atoms with E-state index in [0.717, 1.165) is 12.0 Å². The van der Waals surface area contributed by atoms with Gasteiger partial charge < -0.3 is 5.32 Å². The summed E-state index contributed by atoms with van der Waals surface area (Å²) in [7, 11) is 0. The highest BCUT2D eigenvalue weighted by atomic mass is 35.5. The lowest BCUT2D eigenvalue weighted by atomic mass is 10.1. The van der Waals surface area contributed by atoms with Crippen molar-refractivity contribution >= 4 is 17.5 Å². The van der Waals surface area contributed by atoms with Gasteiger partial charge >= 0.3 is 0 Å². The van der Waals surface area contributed by atoms with E-state index in [0.29, 0.717) is 11.6 Å². The van der Waals surface area contributed by atoms with Crippen molar-refractivity contribution in [3.8, 4) is 0 Å². The van der Waals surface area contributed by atoms with Gasteiger partial charge in [0.2, 0.25) is 5.91 Å². The quantitative estimate of drug-likeness (QED) is 0.795. The van der Waals surface area contributed by atoms with Gasteiger partial charge in [-0.25, -0.2) is 0 Å². The number of amides is 1. The molecule has 0 aliphatic heterocycles. The lowest BCUT2D eigenvalue weighted by molar-refractivity contribution is -0.122. The van der Waals surface area contributed by atoms with E-state index in [9.17, 15) is 4.79 Å². The summed E-state index contributed by atoms with van der Waals surface area (Å²) >= 11 is 6.02. The molecule has 0 aliphatic rings. The SMILES string of the molecule is Cc1ccccc1CCNC(=O)C(C)NC(C)c1cccc(Cl)c1. The highest BCUT2D eigenvalue weighted by Crippen LogP contribution is 2.17. The molecule has 0 aliphatic carbocycles. The molecule has 2 N–H and O–H groups in total. The zero-order valence-electron chi connectivity index (χ0n) is 14.5. The predicted molar refractivity (Wildman–Crippen MR) is 100 cm³/mol. The van der Waals surface area contributed by atoms with Gasteiger partial charge in [0.05, 0.1) is 6.04 Å². The Morgan fingerprint density at radius 1 is 1.12 bits per heavy atom. The van der Waals surface area contributed by atoms with Gasteiger partial charge in [0, 0.05) is 17.6 Å². The topological polar surface area (TPSA) is 41.1 Å².